The molecular formula is C58H80O4. The van der Waals surface area contributed by atoms with Crippen LogP contribution in [0.5, 0.6) is 0 Å². The van der Waals surface area contributed by atoms with Crippen LogP contribution >= 0.6 is 0 Å². The van der Waals surface area contributed by atoms with Gasteiger partial charge >= 0.3 is 0 Å². The predicted molar refractivity (Wildman–Crippen MR) is 263 cm³/mol. The summed E-state index contributed by atoms with van der Waals surface area (Å²) in [4.78, 5) is 0. The van der Waals surface area contributed by atoms with Crippen LogP contribution in [0.25, 0.3) is 0 Å². The van der Waals surface area contributed by atoms with E-state index in [4.69, 9.17) is 17.6 Å². The number of aliphatic hydroxyl groups is 3. The first-order chi connectivity index (χ1) is 29.7. The van der Waals surface area contributed by atoms with Crippen LogP contribution in [0.2, 0.25) is 0 Å². The molecule has 4 aliphatic rings. The molecule has 0 unspecified atom stereocenters. The second-order valence-electron chi connectivity index (χ2n) is 16.9. The van der Waals surface area contributed by atoms with Gasteiger partial charge in [0.15, 0.2) is 0 Å². The van der Waals surface area contributed by atoms with Crippen LogP contribution in [0.15, 0.2) is 0 Å². The first-order valence-corrected chi connectivity index (χ1v) is 22.9. The summed E-state index contributed by atoms with van der Waals surface area (Å²) in [6.07, 6.45) is 30.7. The molecule has 1 aliphatic heterocycles. The van der Waals surface area contributed by atoms with Gasteiger partial charge in [0.05, 0.1) is 24.9 Å². The summed E-state index contributed by atoms with van der Waals surface area (Å²) in [5.74, 6) is 46.0. The third-order valence-corrected chi connectivity index (χ3v) is 13.5. The number of hydrogen-bond donors (Lipinski definition) is 3. The third kappa shape index (κ3) is 24.2. The molecule has 62 heavy (non-hydrogen) atoms. The fourth-order valence-corrected chi connectivity index (χ4v) is 8.86. The Kier molecular flexibility index (Phi) is 35.6. The monoisotopic (exact) mass is 841 g/mol. The van der Waals surface area contributed by atoms with Gasteiger partial charge in [0.1, 0.15) is 0 Å². The van der Waals surface area contributed by atoms with E-state index < -0.39 is 0 Å². The molecule has 1 saturated heterocycles. The second kappa shape index (κ2) is 37.0. The molecule has 4 fully saturated rings. The lowest BCUT2D eigenvalue weighted by molar-refractivity contribution is -0.0267. The van der Waals surface area contributed by atoms with E-state index in [0.717, 1.165) is 25.4 Å². The average Bonchev–Trinajstić information content (AvgIpc) is 3.56. The molecule has 1 spiro atoms. The van der Waals surface area contributed by atoms with Crippen molar-refractivity contribution in [1.82, 2.24) is 0 Å². The highest BCUT2D eigenvalue weighted by molar-refractivity contribution is 5.39. The Labute approximate surface area is 382 Å². The van der Waals surface area contributed by atoms with Crippen LogP contribution in [0.3, 0.4) is 0 Å². The first-order valence-electron chi connectivity index (χ1n) is 22.9. The minimum atomic E-state index is -0.301. The van der Waals surface area contributed by atoms with E-state index in [2.05, 4.69) is 141 Å². The normalized spacial score (nSPS) is 20.5. The highest BCUT2D eigenvalue weighted by Crippen LogP contribution is 2.49. The van der Waals surface area contributed by atoms with Crippen molar-refractivity contribution in [3.63, 3.8) is 0 Å². The van der Waals surface area contributed by atoms with Crippen LogP contribution in [0.4, 0.5) is 0 Å². The van der Waals surface area contributed by atoms with Crippen molar-refractivity contribution < 1.29 is 20.1 Å². The first kappa shape index (κ1) is 59.5. The Morgan fingerprint density at radius 2 is 0.839 bits per heavy atom. The van der Waals surface area contributed by atoms with Crippen molar-refractivity contribution in [3.8, 4) is 119 Å². The summed E-state index contributed by atoms with van der Waals surface area (Å²) < 4.78 is 5.76. The lowest BCUT2D eigenvalue weighted by Gasteiger charge is -2.43. The number of ether oxygens (including phenoxy) is 1. The molecular weight excluding hydrogens is 761 g/mol. The van der Waals surface area contributed by atoms with Gasteiger partial charge < -0.3 is 20.1 Å². The maximum absolute atomic E-state index is 9.67. The molecule has 336 valence electrons. The van der Waals surface area contributed by atoms with Crippen molar-refractivity contribution >= 4 is 0 Å². The molecule has 4 rings (SSSR count). The Bertz CT molecular complexity index is 1770. The van der Waals surface area contributed by atoms with Crippen molar-refractivity contribution in [2.45, 2.75) is 197 Å². The lowest BCUT2D eigenvalue weighted by atomic mass is 9.63. The average molecular weight is 841 g/mol. The molecule has 1 heterocycles. The molecule has 0 aromatic heterocycles. The molecule has 0 bridgehead atoms. The quantitative estimate of drug-likeness (QED) is 0.233. The summed E-state index contributed by atoms with van der Waals surface area (Å²) in [6, 6.07) is 0. The standard InChI is InChI=1S/C12H24O.C11H22O2.C11H20O.C9H4.C8H6.C7H4/c1-4-12(10(2)11(3)13)8-6-5-7-9-12;1-9(10(2)13)11(8-12)6-4-3-5-7-11;1-9-10(2)12-8-11(9)6-4-3-5-7-11;1-3-5-7-9-8-6-4-2;1-3-5-7-8-6-4-2;1-3-5-7-6-4-2/h10-11,13H,4-9H2,1-3H3;9-10,12-13H,3-8H2,1-2H3;9-10H,3-8H2,1-2H3;1H,2H3;1-2H3;1H,2H3/t10-,11+;2*9-,10+;;;/m111.../s1. The molecule has 3 N–H and O–H groups in total. The van der Waals surface area contributed by atoms with Crippen molar-refractivity contribution in [3.05, 3.63) is 0 Å². The molecule has 0 aromatic rings. The smallest absolute Gasteiger partial charge is 0.0578 e. The zero-order valence-electron chi connectivity index (χ0n) is 40.6. The van der Waals surface area contributed by atoms with E-state index >= 15 is 0 Å². The topological polar surface area (TPSA) is 69.9 Å². The maximum Gasteiger partial charge on any atom is 0.0578 e. The molecule has 3 saturated carbocycles. The zero-order chi connectivity index (χ0) is 47.1. The Balaban J connectivity index is 0. The summed E-state index contributed by atoms with van der Waals surface area (Å²) in [5, 5.41) is 28.7. The molecule has 0 radical (unpaired) electrons. The summed E-state index contributed by atoms with van der Waals surface area (Å²) in [6.45, 7) is 23.1. The van der Waals surface area contributed by atoms with E-state index in [-0.39, 0.29) is 30.1 Å². The van der Waals surface area contributed by atoms with Crippen LogP contribution in [-0.2, 0) is 4.74 Å². The maximum atomic E-state index is 9.67. The van der Waals surface area contributed by atoms with Crippen LogP contribution < -0.4 is 0 Å². The van der Waals surface area contributed by atoms with Crippen molar-refractivity contribution in [2.24, 2.45) is 34.0 Å². The zero-order valence-corrected chi connectivity index (χ0v) is 40.6. The van der Waals surface area contributed by atoms with Gasteiger partial charge in [-0.3, -0.25) is 0 Å². The van der Waals surface area contributed by atoms with Crippen molar-refractivity contribution in [2.75, 3.05) is 13.2 Å². The highest BCUT2D eigenvalue weighted by atomic mass is 16.5. The van der Waals surface area contributed by atoms with E-state index in [1.54, 1.807) is 27.7 Å². The summed E-state index contributed by atoms with van der Waals surface area (Å²) in [5.41, 5.74) is 1.04. The van der Waals surface area contributed by atoms with Gasteiger partial charge in [-0.15, -0.1) is 12.8 Å². The summed E-state index contributed by atoms with van der Waals surface area (Å²) in [7, 11) is 0. The third-order valence-electron chi connectivity index (χ3n) is 13.5. The SMILES string of the molecule is C#CC#CC#CC.C#CC#CC#CC#CC.CC#CC#CC#CC.CCC1([C@H](C)[C@H](C)O)CCCCC1.C[C@@H]1OCC2(CCCCC2)[C@@H]1C.C[C@H](O)[C@@H](C)C1(CO)CCCCC1. The van der Waals surface area contributed by atoms with Gasteiger partial charge in [0.2, 0.25) is 0 Å². The Morgan fingerprint density at radius 3 is 1.15 bits per heavy atom. The summed E-state index contributed by atoms with van der Waals surface area (Å²) >= 11 is 0. The molecule has 0 aromatic carbocycles. The highest BCUT2D eigenvalue weighted by Gasteiger charge is 2.45. The fourth-order valence-electron chi connectivity index (χ4n) is 8.86. The van der Waals surface area contributed by atoms with E-state index in [1.807, 2.05) is 13.8 Å². The van der Waals surface area contributed by atoms with Gasteiger partial charge in [-0.2, -0.15) is 0 Å². The molecule has 0 amide bonds. The molecule has 4 nitrogen and oxygen atoms in total. The number of hydrogen-bond acceptors (Lipinski definition) is 4. The molecule has 4 heteroatoms. The number of rotatable bonds is 6. The predicted octanol–water partition coefficient (Wildman–Crippen LogP) is 10.6. The van der Waals surface area contributed by atoms with Gasteiger partial charge in [0, 0.05) is 6.61 Å². The van der Waals surface area contributed by atoms with Gasteiger partial charge in [-0.25, -0.2) is 0 Å². The van der Waals surface area contributed by atoms with Gasteiger partial charge in [-0.05, 0) is 204 Å². The molecule has 6 atom stereocenters. The largest absolute Gasteiger partial charge is 0.396 e. The van der Waals surface area contributed by atoms with Crippen LogP contribution in [0, 0.1) is 153 Å². The van der Waals surface area contributed by atoms with E-state index in [1.165, 1.54) is 89.9 Å². The van der Waals surface area contributed by atoms with E-state index in [9.17, 15) is 15.3 Å². The van der Waals surface area contributed by atoms with Crippen LogP contribution in [0.1, 0.15) is 179 Å². The van der Waals surface area contributed by atoms with Gasteiger partial charge in [0.25, 0.3) is 0 Å². The molecule has 3 aliphatic carbocycles. The lowest BCUT2D eigenvalue weighted by Crippen LogP contribution is -2.40. The minimum Gasteiger partial charge on any atom is -0.396 e. The Hall–Kier alpha value is -4.56. The van der Waals surface area contributed by atoms with Crippen molar-refractivity contribution in [1.29, 1.82) is 0 Å². The fraction of sp³-hybridized carbons (Fsp3) is 0.655. The second-order valence-corrected chi connectivity index (χ2v) is 16.9. The van der Waals surface area contributed by atoms with Gasteiger partial charge in [-0.1, -0.05) is 116 Å². The van der Waals surface area contributed by atoms with Crippen LogP contribution in [-0.4, -0.2) is 46.8 Å². The minimum absolute atomic E-state index is 0.00637. The number of aliphatic hydroxyl groups excluding tert-OH is 3. The number of terminal acetylenes is 2. The Morgan fingerprint density at radius 1 is 0.516 bits per heavy atom. The van der Waals surface area contributed by atoms with E-state index in [0.29, 0.717) is 22.9 Å².